The molecule has 8 nitrogen and oxygen atoms in total. The van der Waals surface area contributed by atoms with E-state index in [0.717, 1.165) is 28.7 Å². The first-order chi connectivity index (χ1) is 12.4. The highest BCUT2D eigenvalue weighted by Crippen LogP contribution is 2.34. The molecule has 0 bridgehead atoms. The van der Waals surface area contributed by atoms with Gasteiger partial charge in [-0.15, -0.1) is 0 Å². The van der Waals surface area contributed by atoms with Crippen molar-refractivity contribution in [2.75, 3.05) is 6.61 Å². The van der Waals surface area contributed by atoms with E-state index in [1.54, 1.807) is 13.1 Å². The SMILES string of the molecule is Cc1nc(-c2cn3c(n2)-c2cc(C(C)O)ncc2OCC3)n(C(C)C)n1. The van der Waals surface area contributed by atoms with Crippen molar-refractivity contribution < 1.29 is 9.84 Å². The van der Waals surface area contributed by atoms with Gasteiger partial charge in [0.15, 0.2) is 5.82 Å². The summed E-state index contributed by atoms with van der Waals surface area (Å²) in [5, 5.41) is 14.4. The van der Waals surface area contributed by atoms with Crippen LogP contribution in [0.3, 0.4) is 0 Å². The molecule has 0 aliphatic carbocycles. The van der Waals surface area contributed by atoms with E-state index >= 15 is 0 Å². The minimum Gasteiger partial charge on any atom is -0.489 e. The van der Waals surface area contributed by atoms with Gasteiger partial charge in [-0.3, -0.25) is 4.98 Å². The number of aryl methyl sites for hydroxylation is 1. The Balaban J connectivity index is 1.87. The quantitative estimate of drug-likeness (QED) is 0.777. The van der Waals surface area contributed by atoms with Gasteiger partial charge in [0.2, 0.25) is 0 Å². The van der Waals surface area contributed by atoms with Gasteiger partial charge in [-0.1, -0.05) is 0 Å². The van der Waals surface area contributed by atoms with Crippen LogP contribution in [0, 0.1) is 6.92 Å². The van der Waals surface area contributed by atoms with Gasteiger partial charge in [0.1, 0.15) is 29.7 Å². The molecular weight excluding hydrogens is 332 g/mol. The third-order valence-corrected chi connectivity index (χ3v) is 4.38. The predicted octanol–water partition coefficient (Wildman–Crippen LogP) is 2.54. The predicted molar refractivity (Wildman–Crippen MR) is 95.7 cm³/mol. The maximum atomic E-state index is 9.87. The molecule has 1 atom stereocenters. The van der Waals surface area contributed by atoms with Gasteiger partial charge in [-0.2, -0.15) is 5.10 Å². The largest absolute Gasteiger partial charge is 0.489 e. The Morgan fingerprint density at radius 3 is 2.73 bits per heavy atom. The number of aromatic nitrogens is 6. The average Bonchev–Trinajstić information content (AvgIpc) is 3.14. The summed E-state index contributed by atoms with van der Waals surface area (Å²) in [4.78, 5) is 13.7. The molecule has 4 rings (SSSR count). The fraction of sp³-hybridized carbons (Fsp3) is 0.444. The van der Waals surface area contributed by atoms with Gasteiger partial charge < -0.3 is 14.4 Å². The van der Waals surface area contributed by atoms with Gasteiger partial charge in [-0.25, -0.2) is 14.6 Å². The molecule has 136 valence electrons. The summed E-state index contributed by atoms with van der Waals surface area (Å²) in [5.74, 6) is 2.94. The van der Waals surface area contributed by atoms with Crippen LogP contribution in [0.15, 0.2) is 18.5 Å². The number of hydrogen-bond donors (Lipinski definition) is 1. The van der Waals surface area contributed by atoms with E-state index in [4.69, 9.17) is 9.72 Å². The lowest BCUT2D eigenvalue weighted by atomic mass is 10.1. The zero-order valence-corrected chi connectivity index (χ0v) is 15.3. The van der Waals surface area contributed by atoms with Crippen LogP contribution >= 0.6 is 0 Å². The maximum absolute atomic E-state index is 9.87. The second-order valence-corrected chi connectivity index (χ2v) is 6.79. The highest BCUT2D eigenvalue weighted by Gasteiger charge is 2.23. The van der Waals surface area contributed by atoms with E-state index in [-0.39, 0.29) is 6.04 Å². The molecule has 3 aromatic rings. The second kappa shape index (κ2) is 6.21. The van der Waals surface area contributed by atoms with Crippen molar-refractivity contribution in [2.45, 2.75) is 46.4 Å². The number of pyridine rings is 1. The normalized spacial score (nSPS) is 14.5. The molecule has 0 amide bonds. The minimum atomic E-state index is -0.655. The lowest BCUT2D eigenvalue weighted by Gasteiger charge is -2.09. The van der Waals surface area contributed by atoms with Crippen LogP contribution in [0.1, 0.15) is 44.4 Å². The van der Waals surface area contributed by atoms with E-state index in [1.165, 1.54) is 0 Å². The van der Waals surface area contributed by atoms with Crippen LogP contribution in [0.4, 0.5) is 0 Å². The van der Waals surface area contributed by atoms with Crippen LogP contribution in [-0.4, -0.2) is 41.0 Å². The Hall–Kier alpha value is -2.74. The lowest BCUT2D eigenvalue weighted by Crippen LogP contribution is -2.06. The van der Waals surface area contributed by atoms with Crippen molar-refractivity contribution in [1.82, 2.24) is 29.3 Å². The van der Waals surface area contributed by atoms with Gasteiger partial charge in [-0.05, 0) is 33.8 Å². The molecule has 8 heteroatoms. The summed E-state index contributed by atoms with van der Waals surface area (Å²) in [5.41, 5.74) is 2.19. The zero-order chi connectivity index (χ0) is 18.4. The van der Waals surface area contributed by atoms with Crippen molar-refractivity contribution in [3.63, 3.8) is 0 Å². The molecule has 1 aliphatic heterocycles. The number of nitrogens with zero attached hydrogens (tertiary/aromatic N) is 6. The standard InChI is InChI=1S/C18H22N6O2/c1-10(2)24-18(20-12(4)22-24)15-9-23-5-6-26-16-8-19-14(11(3)25)7-13(16)17(23)21-15/h7-11,25H,5-6H2,1-4H3. The van der Waals surface area contributed by atoms with Crippen LogP contribution in [0.5, 0.6) is 5.75 Å². The Morgan fingerprint density at radius 2 is 2.00 bits per heavy atom. The Morgan fingerprint density at radius 1 is 1.19 bits per heavy atom. The number of fused-ring (bicyclic) bond motifs is 3. The summed E-state index contributed by atoms with van der Waals surface area (Å²) < 4.78 is 9.75. The summed E-state index contributed by atoms with van der Waals surface area (Å²) in [6.45, 7) is 8.92. The van der Waals surface area contributed by atoms with E-state index in [2.05, 4.69) is 33.5 Å². The van der Waals surface area contributed by atoms with Crippen molar-refractivity contribution in [3.8, 4) is 28.7 Å². The molecule has 0 spiro atoms. The summed E-state index contributed by atoms with van der Waals surface area (Å²) in [6.07, 6.45) is 2.99. The number of imidazole rings is 1. The van der Waals surface area contributed by atoms with Crippen LogP contribution < -0.4 is 4.74 Å². The molecule has 3 aromatic heterocycles. The molecule has 0 saturated heterocycles. The van der Waals surface area contributed by atoms with Gasteiger partial charge >= 0.3 is 0 Å². The number of hydrogen-bond acceptors (Lipinski definition) is 6. The first kappa shape index (κ1) is 16.7. The van der Waals surface area contributed by atoms with Gasteiger partial charge in [0, 0.05) is 12.2 Å². The highest BCUT2D eigenvalue weighted by molar-refractivity contribution is 5.68. The molecule has 1 aliphatic rings. The number of aliphatic hydroxyl groups excluding tert-OH is 1. The summed E-state index contributed by atoms with van der Waals surface area (Å²) >= 11 is 0. The van der Waals surface area contributed by atoms with Crippen molar-refractivity contribution >= 4 is 0 Å². The van der Waals surface area contributed by atoms with Crippen molar-refractivity contribution in [1.29, 1.82) is 0 Å². The van der Waals surface area contributed by atoms with Crippen LogP contribution in [0.2, 0.25) is 0 Å². The smallest absolute Gasteiger partial charge is 0.178 e. The molecule has 0 fully saturated rings. The Kier molecular flexibility index (Phi) is 3.99. The number of rotatable bonds is 3. The molecule has 1 N–H and O–H groups in total. The van der Waals surface area contributed by atoms with Crippen LogP contribution in [0.25, 0.3) is 22.9 Å². The molecule has 26 heavy (non-hydrogen) atoms. The third-order valence-electron chi connectivity index (χ3n) is 4.38. The highest BCUT2D eigenvalue weighted by atomic mass is 16.5. The van der Waals surface area contributed by atoms with E-state index in [9.17, 15) is 5.11 Å². The van der Waals surface area contributed by atoms with Crippen LogP contribution in [-0.2, 0) is 6.54 Å². The first-order valence-electron chi connectivity index (χ1n) is 8.76. The van der Waals surface area contributed by atoms with E-state index in [1.807, 2.05) is 23.9 Å². The molecule has 0 saturated carbocycles. The summed E-state index contributed by atoms with van der Waals surface area (Å²) in [6, 6.07) is 2.03. The maximum Gasteiger partial charge on any atom is 0.178 e. The first-order valence-corrected chi connectivity index (χ1v) is 8.76. The van der Waals surface area contributed by atoms with E-state index in [0.29, 0.717) is 24.6 Å². The average molecular weight is 354 g/mol. The Labute approximate surface area is 151 Å². The molecular formula is C18H22N6O2. The zero-order valence-electron chi connectivity index (χ0n) is 15.3. The lowest BCUT2D eigenvalue weighted by molar-refractivity contribution is 0.194. The van der Waals surface area contributed by atoms with Gasteiger partial charge in [0.25, 0.3) is 0 Å². The number of aliphatic hydroxyl groups is 1. The topological polar surface area (TPSA) is 90.9 Å². The van der Waals surface area contributed by atoms with Crippen molar-refractivity contribution in [2.24, 2.45) is 0 Å². The van der Waals surface area contributed by atoms with Crippen molar-refractivity contribution in [3.05, 3.63) is 30.0 Å². The molecule has 0 aromatic carbocycles. The van der Waals surface area contributed by atoms with E-state index < -0.39 is 6.10 Å². The summed E-state index contributed by atoms with van der Waals surface area (Å²) in [7, 11) is 0. The molecule has 0 radical (unpaired) electrons. The fourth-order valence-corrected chi connectivity index (χ4v) is 3.11. The fourth-order valence-electron chi connectivity index (χ4n) is 3.11. The molecule has 4 heterocycles. The monoisotopic (exact) mass is 354 g/mol. The number of ether oxygens (including phenoxy) is 1. The second-order valence-electron chi connectivity index (χ2n) is 6.79. The molecule has 1 unspecified atom stereocenters. The Bertz CT molecular complexity index is 957. The third kappa shape index (κ3) is 2.76. The van der Waals surface area contributed by atoms with Gasteiger partial charge in [0.05, 0.1) is 30.1 Å². The minimum absolute atomic E-state index is 0.189.